The second-order valence-corrected chi connectivity index (χ2v) is 4.77. The Morgan fingerprint density at radius 2 is 2.00 bits per heavy atom. The Labute approximate surface area is 127 Å². The van der Waals surface area contributed by atoms with Gasteiger partial charge in [-0.25, -0.2) is 4.79 Å². The molecule has 2 N–H and O–H groups in total. The first-order valence-electron chi connectivity index (χ1n) is 6.69. The topological polar surface area (TPSA) is 93.5 Å². The smallest absolute Gasteiger partial charge is 0.356 e. The summed E-state index contributed by atoms with van der Waals surface area (Å²) >= 11 is 0. The van der Waals surface area contributed by atoms with Crippen molar-refractivity contribution in [3.05, 3.63) is 47.8 Å². The van der Waals surface area contributed by atoms with Crippen molar-refractivity contribution in [1.82, 2.24) is 15.1 Å². The molecule has 0 spiro atoms. The van der Waals surface area contributed by atoms with Gasteiger partial charge in [-0.15, -0.1) is 0 Å². The number of rotatable bonds is 6. The van der Waals surface area contributed by atoms with Crippen molar-refractivity contribution in [1.29, 1.82) is 0 Å². The van der Waals surface area contributed by atoms with E-state index in [4.69, 9.17) is 9.84 Å². The number of aromatic carboxylic acids is 1. The third kappa shape index (κ3) is 3.85. The Hall–Kier alpha value is -2.83. The standard InChI is InChI=1S/C15H17N3O4/c1-10(11-3-5-12(22-2)6-4-11)16-14(19)9-18-8-7-13(17-18)15(20)21/h3-8,10H,9H2,1-2H3,(H,16,19)(H,20,21)/t10-/m0/s1. The van der Waals surface area contributed by atoms with Crippen LogP contribution in [0.15, 0.2) is 36.5 Å². The normalized spacial score (nSPS) is 11.7. The SMILES string of the molecule is COc1ccc([C@H](C)NC(=O)Cn2ccc(C(=O)O)n2)cc1. The molecule has 0 radical (unpaired) electrons. The first-order chi connectivity index (χ1) is 10.5. The average molecular weight is 303 g/mol. The van der Waals surface area contributed by atoms with Crippen molar-refractivity contribution < 1.29 is 19.4 Å². The number of carboxylic acids is 1. The van der Waals surface area contributed by atoms with Crippen molar-refractivity contribution in [3.8, 4) is 5.75 Å². The van der Waals surface area contributed by atoms with Crippen LogP contribution in [0.3, 0.4) is 0 Å². The lowest BCUT2D eigenvalue weighted by Gasteiger charge is -2.14. The second kappa shape index (κ2) is 6.75. The molecule has 0 aliphatic rings. The maximum atomic E-state index is 12.0. The van der Waals surface area contributed by atoms with Gasteiger partial charge in [0.1, 0.15) is 12.3 Å². The van der Waals surface area contributed by atoms with Crippen molar-refractivity contribution in [2.75, 3.05) is 7.11 Å². The summed E-state index contributed by atoms with van der Waals surface area (Å²) in [6.07, 6.45) is 1.46. The zero-order chi connectivity index (χ0) is 16.1. The number of carbonyl (C=O) groups excluding carboxylic acids is 1. The molecule has 0 aliphatic heterocycles. The Morgan fingerprint density at radius 3 is 2.55 bits per heavy atom. The lowest BCUT2D eigenvalue weighted by atomic mass is 10.1. The highest BCUT2D eigenvalue weighted by molar-refractivity contribution is 5.85. The number of methoxy groups -OCH3 is 1. The fraction of sp³-hybridized carbons (Fsp3) is 0.267. The van der Waals surface area contributed by atoms with Gasteiger partial charge in [-0.1, -0.05) is 12.1 Å². The van der Waals surface area contributed by atoms with Crippen LogP contribution in [-0.2, 0) is 11.3 Å². The maximum Gasteiger partial charge on any atom is 0.356 e. The zero-order valence-electron chi connectivity index (χ0n) is 12.3. The highest BCUT2D eigenvalue weighted by Crippen LogP contribution is 2.17. The summed E-state index contributed by atoms with van der Waals surface area (Å²) in [5.41, 5.74) is 0.858. The van der Waals surface area contributed by atoms with Crippen LogP contribution in [0.4, 0.5) is 0 Å². The van der Waals surface area contributed by atoms with E-state index in [-0.39, 0.29) is 24.2 Å². The van der Waals surface area contributed by atoms with Crippen LogP contribution >= 0.6 is 0 Å². The number of hydrogen-bond donors (Lipinski definition) is 2. The van der Waals surface area contributed by atoms with Gasteiger partial charge < -0.3 is 15.2 Å². The van der Waals surface area contributed by atoms with Crippen LogP contribution < -0.4 is 10.1 Å². The summed E-state index contributed by atoms with van der Waals surface area (Å²) < 4.78 is 6.37. The van der Waals surface area contributed by atoms with Crippen molar-refractivity contribution >= 4 is 11.9 Å². The zero-order valence-corrected chi connectivity index (χ0v) is 12.3. The van der Waals surface area contributed by atoms with Gasteiger partial charge in [0.05, 0.1) is 13.2 Å². The number of carbonyl (C=O) groups is 2. The summed E-state index contributed by atoms with van der Waals surface area (Å²) in [5.74, 6) is -0.617. The van der Waals surface area contributed by atoms with Crippen LogP contribution in [0, 0.1) is 0 Å². The molecule has 22 heavy (non-hydrogen) atoms. The van der Waals surface area contributed by atoms with Crippen molar-refractivity contribution in [2.45, 2.75) is 19.5 Å². The molecule has 0 saturated carbocycles. The molecule has 1 atom stereocenters. The average Bonchev–Trinajstić information content (AvgIpc) is 2.95. The van der Waals surface area contributed by atoms with E-state index in [9.17, 15) is 9.59 Å². The predicted molar refractivity (Wildman–Crippen MR) is 78.7 cm³/mol. The van der Waals surface area contributed by atoms with Crippen LogP contribution in [0.25, 0.3) is 0 Å². The third-order valence-corrected chi connectivity index (χ3v) is 3.16. The third-order valence-electron chi connectivity index (χ3n) is 3.16. The minimum atomic E-state index is -1.12. The quantitative estimate of drug-likeness (QED) is 0.843. The number of benzene rings is 1. The number of nitrogens with one attached hydrogen (secondary N) is 1. The highest BCUT2D eigenvalue weighted by Gasteiger charge is 2.12. The summed E-state index contributed by atoms with van der Waals surface area (Å²) in [6, 6.07) is 8.58. The van der Waals surface area contributed by atoms with Crippen LogP contribution in [0.5, 0.6) is 5.75 Å². The Kier molecular flexibility index (Phi) is 4.77. The molecule has 0 saturated heterocycles. The molecule has 7 heteroatoms. The molecule has 116 valence electrons. The molecular formula is C15H17N3O4. The van der Waals surface area contributed by atoms with Gasteiger partial charge in [-0.2, -0.15) is 5.10 Å². The lowest BCUT2D eigenvalue weighted by Crippen LogP contribution is -2.30. The van der Waals surface area contributed by atoms with E-state index < -0.39 is 5.97 Å². The molecule has 1 amide bonds. The maximum absolute atomic E-state index is 12.0. The van der Waals surface area contributed by atoms with E-state index in [1.165, 1.54) is 16.9 Å². The molecule has 0 fully saturated rings. The molecule has 2 rings (SSSR count). The van der Waals surface area contributed by atoms with E-state index in [1.807, 2.05) is 31.2 Å². The monoisotopic (exact) mass is 303 g/mol. The van der Waals surface area contributed by atoms with Crippen molar-refractivity contribution in [2.24, 2.45) is 0 Å². The van der Waals surface area contributed by atoms with Crippen molar-refractivity contribution in [3.63, 3.8) is 0 Å². The molecule has 0 aliphatic carbocycles. The molecule has 1 heterocycles. The number of aromatic nitrogens is 2. The minimum absolute atomic E-state index is 0.0340. The molecular weight excluding hydrogens is 286 g/mol. The number of hydrogen-bond acceptors (Lipinski definition) is 4. The molecule has 0 bridgehead atoms. The van der Waals surface area contributed by atoms with E-state index in [2.05, 4.69) is 10.4 Å². The fourth-order valence-electron chi connectivity index (χ4n) is 1.97. The minimum Gasteiger partial charge on any atom is -0.497 e. The lowest BCUT2D eigenvalue weighted by molar-refractivity contribution is -0.122. The largest absolute Gasteiger partial charge is 0.497 e. The number of ether oxygens (including phenoxy) is 1. The molecule has 2 aromatic rings. The molecule has 0 unspecified atom stereocenters. The highest BCUT2D eigenvalue weighted by atomic mass is 16.5. The predicted octanol–water partition coefficient (Wildman–Crippen LogP) is 1.47. The molecule has 1 aromatic heterocycles. The van der Waals surface area contributed by atoms with E-state index in [0.717, 1.165) is 11.3 Å². The first-order valence-corrected chi connectivity index (χ1v) is 6.69. The van der Waals surface area contributed by atoms with E-state index >= 15 is 0 Å². The van der Waals surface area contributed by atoms with Gasteiger partial charge in [0.25, 0.3) is 0 Å². The van der Waals surface area contributed by atoms with Crippen LogP contribution in [0.1, 0.15) is 29.0 Å². The van der Waals surface area contributed by atoms with Crippen LogP contribution in [0.2, 0.25) is 0 Å². The van der Waals surface area contributed by atoms with Gasteiger partial charge in [-0.05, 0) is 30.7 Å². The van der Waals surface area contributed by atoms with Crippen LogP contribution in [-0.4, -0.2) is 33.9 Å². The molecule has 7 nitrogen and oxygen atoms in total. The Bertz CT molecular complexity index is 664. The fourth-order valence-corrected chi connectivity index (χ4v) is 1.97. The number of amides is 1. The molecule has 1 aromatic carbocycles. The second-order valence-electron chi connectivity index (χ2n) is 4.77. The Morgan fingerprint density at radius 1 is 1.32 bits per heavy atom. The van der Waals surface area contributed by atoms with Gasteiger partial charge in [-0.3, -0.25) is 9.48 Å². The van der Waals surface area contributed by atoms with Gasteiger partial charge in [0.15, 0.2) is 5.69 Å². The Balaban J connectivity index is 1.93. The van der Waals surface area contributed by atoms with E-state index in [0.29, 0.717) is 0 Å². The number of carboxylic acid groups (broad SMARTS) is 1. The van der Waals surface area contributed by atoms with Gasteiger partial charge in [0.2, 0.25) is 5.91 Å². The summed E-state index contributed by atoms with van der Waals surface area (Å²) in [6.45, 7) is 1.83. The number of nitrogens with zero attached hydrogens (tertiary/aromatic N) is 2. The summed E-state index contributed by atoms with van der Waals surface area (Å²) in [4.78, 5) is 22.7. The summed E-state index contributed by atoms with van der Waals surface area (Å²) in [7, 11) is 1.59. The first kappa shape index (κ1) is 15.6. The van der Waals surface area contributed by atoms with Gasteiger partial charge in [0, 0.05) is 6.20 Å². The summed E-state index contributed by atoms with van der Waals surface area (Å²) in [5, 5.41) is 15.4. The van der Waals surface area contributed by atoms with Gasteiger partial charge >= 0.3 is 5.97 Å². The van der Waals surface area contributed by atoms with E-state index in [1.54, 1.807) is 7.11 Å².